The van der Waals surface area contributed by atoms with Gasteiger partial charge in [-0.15, -0.1) is 0 Å². The summed E-state index contributed by atoms with van der Waals surface area (Å²) in [6.07, 6.45) is 79.2. The van der Waals surface area contributed by atoms with Crippen LogP contribution < -0.4 is 5.32 Å². The molecule has 74 heavy (non-hydrogen) atoms. The van der Waals surface area contributed by atoms with E-state index >= 15 is 0 Å². The first-order valence-corrected chi connectivity index (χ1v) is 33.6. The monoisotopic (exact) mass is 1040 g/mol. The molecule has 6 nitrogen and oxygen atoms in total. The van der Waals surface area contributed by atoms with Crippen LogP contribution in [0, 0.1) is 0 Å². The van der Waals surface area contributed by atoms with Gasteiger partial charge in [-0.25, -0.2) is 0 Å². The molecule has 0 heterocycles. The summed E-state index contributed by atoms with van der Waals surface area (Å²) in [4.78, 5) is 24.6. The largest absolute Gasteiger partial charge is 0.466 e. The number of nitrogens with one attached hydrogen (secondary N) is 1. The molecule has 6 heteroatoms. The second-order valence-corrected chi connectivity index (χ2v) is 23.1. The Bertz CT molecular complexity index is 1150. The number of carbonyl (C=O) groups is 2. The number of allylic oxidation sites excluding steroid dienone is 4. The van der Waals surface area contributed by atoms with E-state index in [1.807, 2.05) is 0 Å². The van der Waals surface area contributed by atoms with E-state index in [1.54, 1.807) is 0 Å². The smallest absolute Gasteiger partial charge is 0.305 e. The van der Waals surface area contributed by atoms with Crippen molar-refractivity contribution in [1.29, 1.82) is 0 Å². The summed E-state index contributed by atoms with van der Waals surface area (Å²) in [6, 6.07) is -0.546. The molecule has 0 spiro atoms. The summed E-state index contributed by atoms with van der Waals surface area (Å²) in [5.74, 6) is -0.0295. The van der Waals surface area contributed by atoms with Gasteiger partial charge in [-0.1, -0.05) is 308 Å². The van der Waals surface area contributed by atoms with E-state index in [-0.39, 0.29) is 18.5 Å². The zero-order chi connectivity index (χ0) is 53.6. The molecule has 0 aliphatic rings. The maximum absolute atomic E-state index is 12.5. The first-order valence-electron chi connectivity index (χ1n) is 33.6. The summed E-state index contributed by atoms with van der Waals surface area (Å²) in [5, 5.41) is 23.3. The number of hydrogen-bond acceptors (Lipinski definition) is 5. The van der Waals surface area contributed by atoms with Crippen LogP contribution in [0.5, 0.6) is 0 Å². The standard InChI is InChI=1S/C68H131NO5/c1-3-5-7-9-11-13-15-17-19-28-32-36-40-44-48-52-56-60-66(71)65(64-70)69-67(72)61-57-53-49-45-41-37-33-30-26-24-22-21-23-25-27-31-35-39-43-47-51-55-59-63-74-68(73)62-58-54-50-46-42-38-34-29-20-18-16-14-12-10-8-6-4-2/h18,20,24,26,65-66,70-71H,3-17,19,21-23,25,27-64H2,1-2H3,(H,69,72)/b20-18-,26-24-. The minimum absolute atomic E-state index is 0.00888. The Morgan fingerprint density at radius 1 is 0.365 bits per heavy atom. The van der Waals surface area contributed by atoms with Crippen LogP contribution in [0.25, 0.3) is 0 Å². The Balaban J connectivity index is 3.40. The lowest BCUT2D eigenvalue weighted by atomic mass is 10.0. The molecule has 0 aromatic heterocycles. The van der Waals surface area contributed by atoms with Crippen LogP contribution in [0.3, 0.4) is 0 Å². The highest BCUT2D eigenvalue weighted by atomic mass is 16.5. The van der Waals surface area contributed by atoms with Gasteiger partial charge in [-0.05, 0) is 77.0 Å². The molecule has 0 fully saturated rings. The van der Waals surface area contributed by atoms with Gasteiger partial charge < -0.3 is 20.3 Å². The number of ether oxygens (including phenoxy) is 1. The van der Waals surface area contributed by atoms with Crippen LogP contribution in [0.15, 0.2) is 24.3 Å². The van der Waals surface area contributed by atoms with Gasteiger partial charge in [0.2, 0.25) is 5.91 Å². The van der Waals surface area contributed by atoms with Gasteiger partial charge in [0.05, 0.1) is 25.4 Å². The molecule has 0 aliphatic carbocycles. The van der Waals surface area contributed by atoms with E-state index < -0.39 is 12.1 Å². The molecule has 1 amide bonds. The molecule has 0 saturated carbocycles. The number of unbranched alkanes of at least 4 members (excludes halogenated alkanes) is 48. The second-order valence-electron chi connectivity index (χ2n) is 23.1. The number of carbonyl (C=O) groups excluding carboxylic acids is 2. The molecule has 0 radical (unpaired) electrons. The van der Waals surface area contributed by atoms with Crippen molar-refractivity contribution in [3.63, 3.8) is 0 Å². The quantitative estimate of drug-likeness (QED) is 0.0320. The van der Waals surface area contributed by atoms with Crippen molar-refractivity contribution in [1.82, 2.24) is 5.32 Å². The lowest BCUT2D eigenvalue weighted by Crippen LogP contribution is -2.45. The molecule has 0 saturated heterocycles. The number of rotatable bonds is 63. The Morgan fingerprint density at radius 2 is 0.635 bits per heavy atom. The van der Waals surface area contributed by atoms with Gasteiger partial charge in [0.25, 0.3) is 0 Å². The first-order chi connectivity index (χ1) is 36.5. The molecule has 2 atom stereocenters. The second kappa shape index (κ2) is 63.9. The highest BCUT2D eigenvalue weighted by Gasteiger charge is 2.20. The maximum Gasteiger partial charge on any atom is 0.305 e. The normalized spacial score (nSPS) is 12.6. The number of aliphatic hydroxyl groups is 2. The van der Waals surface area contributed by atoms with Crippen LogP contribution in [-0.2, 0) is 14.3 Å². The Hall–Kier alpha value is -1.66. The Labute approximate surface area is 462 Å². The van der Waals surface area contributed by atoms with Gasteiger partial charge in [0.1, 0.15) is 0 Å². The average molecular weight is 1040 g/mol. The molecule has 0 aliphatic heterocycles. The third kappa shape index (κ3) is 59.6. The third-order valence-corrected chi connectivity index (χ3v) is 15.7. The van der Waals surface area contributed by atoms with Crippen molar-refractivity contribution < 1.29 is 24.5 Å². The minimum Gasteiger partial charge on any atom is -0.466 e. The number of hydrogen-bond donors (Lipinski definition) is 3. The lowest BCUT2D eigenvalue weighted by Gasteiger charge is -2.22. The van der Waals surface area contributed by atoms with Crippen LogP contribution in [-0.4, -0.2) is 47.4 Å². The Kier molecular flexibility index (Phi) is 62.4. The summed E-state index contributed by atoms with van der Waals surface area (Å²) in [6.45, 7) is 4.97. The topological polar surface area (TPSA) is 95.9 Å². The molecule has 0 rings (SSSR count). The molecule has 0 aromatic carbocycles. The zero-order valence-corrected chi connectivity index (χ0v) is 50.1. The van der Waals surface area contributed by atoms with Crippen molar-refractivity contribution in [2.75, 3.05) is 13.2 Å². The molecule has 0 bridgehead atoms. The van der Waals surface area contributed by atoms with Gasteiger partial charge in [0.15, 0.2) is 0 Å². The van der Waals surface area contributed by atoms with Gasteiger partial charge in [-0.2, -0.15) is 0 Å². The van der Waals surface area contributed by atoms with Crippen molar-refractivity contribution >= 4 is 11.9 Å². The van der Waals surface area contributed by atoms with E-state index in [0.717, 1.165) is 44.9 Å². The van der Waals surface area contributed by atoms with Crippen molar-refractivity contribution in [2.45, 2.75) is 386 Å². The van der Waals surface area contributed by atoms with E-state index in [9.17, 15) is 19.8 Å². The predicted molar refractivity (Wildman–Crippen MR) is 324 cm³/mol. The molecule has 3 N–H and O–H groups in total. The van der Waals surface area contributed by atoms with Crippen molar-refractivity contribution in [3.8, 4) is 0 Å². The fourth-order valence-corrected chi connectivity index (χ4v) is 10.6. The minimum atomic E-state index is -0.668. The summed E-state index contributed by atoms with van der Waals surface area (Å²) < 4.78 is 5.50. The zero-order valence-electron chi connectivity index (χ0n) is 50.1. The van der Waals surface area contributed by atoms with Crippen LogP contribution >= 0.6 is 0 Å². The summed E-state index contributed by atoms with van der Waals surface area (Å²) in [7, 11) is 0. The average Bonchev–Trinajstić information content (AvgIpc) is 3.40. The fourth-order valence-electron chi connectivity index (χ4n) is 10.6. The third-order valence-electron chi connectivity index (χ3n) is 15.7. The lowest BCUT2D eigenvalue weighted by molar-refractivity contribution is -0.143. The van der Waals surface area contributed by atoms with Crippen molar-refractivity contribution in [2.24, 2.45) is 0 Å². The molecular weight excluding hydrogens is 911 g/mol. The van der Waals surface area contributed by atoms with Gasteiger partial charge >= 0.3 is 5.97 Å². The molecular formula is C68H131NO5. The molecule has 0 aromatic rings. The van der Waals surface area contributed by atoms with Crippen LogP contribution in [0.2, 0.25) is 0 Å². The number of aliphatic hydroxyl groups excluding tert-OH is 2. The van der Waals surface area contributed by atoms with E-state index in [1.165, 1.54) is 295 Å². The predicted octanol–water partition coefficient (Wildman–Crippen LogP) is 21.4. The molecule has 2 unspecified atom stereocenters. The summed E-state index contributed by atoms with van der Waals surface area (Å²) in [5.41, 5.74) is 0. The summed E-state index contributed by atoms with van der Waals surface area (Å²) >= 11 is 0. The van der Waals surface area contributed by atoms with Crippen LogP contribution in [0.1, 0.15) is 373 Å². The number of esters is 1. The maximum atomic E-state index is 12.5. The molecule has 438 valence electrons. The highest BCUT2D eigenvalue weighted by Crippen LogP contribution is 2.18. The first kappa shape index (κ1) is 72.3. The van der Waals surface area contributed by atoms with Gasteiger partial charge in [-0.3, -0.25) is 9.59 Å². The highest BCUT2D eigenvalue weighted by molar-refractivity contribution is 5.76. The van der Waals surface area contributed by atoms with Crippen LogP contribution in [0.4, 0.5) is 0 Å². The van der Waals surface area contributed by atoms with Crippen molar-refractivity contribution in [3.05, 3.63) is 24.3 Å². The number of amides is 1. The SMILES string of the molecule is CCCCCCCC/C=C\CCCCCCCCCC(=O)OCCCCCCCCCCCCCC/C=C\CCCCCCCCCC(=O)NC(CO)C(O)CCCCCCCCCCCCCCCCCCC. The van der Waals surface area contributed by atoms with E-state index in [0.29, 0.717) is 25.9 Å². The van der Waals surface area contributed by atoms with E-state index in [4.69, 9.17) is 4.74 Å². The fraction of sp³-hybridized carbons (Fsp3) is 0.912. The Morgan fingerprint density at radius 3 is 0.959 bits per heavy atom. The van der Waals surface area contributed by atoms with E-state index in [2.05, 4.69) is 43.5 Å². The van der Waals surface area contributed by atoms with Gasteiger partial charge in [0, 0.05) is 12.8 Å².